The van der Waals surface area contributed by atoms with Crippen LogP contribution in [-0.4, -0.2) is 23.8 Å². The van der Waals surface area contributed by atoms with Gasteiger partial charge in [-0.05, 0) is 18.9 Å². The molecule has 0 bridgehead atoms. The van der Waals surface area contributed by atoms with Crippen LogP contribution in [0.25, 0.3) is 5.57 Å². The average molecular weight is 251 g/mol. The van der Waals surface area contributed by atoms with Crippen LogP contribution >= 0.6 is 11.6 Å². The van der Waals surface area contributed by atoms with E-state index in [-0.39, 0.29) is 5.82 Å². The normalized spacial score (nSPS) is 20.0. The first-order valence-corrected chi connectivity index (χ1v) is 6.07. The Kier molecular flexibility index (Phi) is 2.63. The van der Waals surface area contributed by atoms with Crippen molar-refractivity contribution >= 4 is 23.5 Å². The lowest BCUT2D eigenvalue weighted by molar-refractivity contribution is 0.466. The molecular weight excluding hydrogens is 239 g/mol. The van der Waals surface area contributed by atoms with Crippen LogP contribution in [0.1, 0.15) is 18.4 Å². The summed E-state index contributed by atoms with van der Waals surface area (Å²) >= 11 is 6.07. The molecule has 3 rings (SSSR count). The molecule has 0 saturated heterocycles. The number of benzene rings is 1. The van der Waals surface area contributed by atoms with Crippen LogP contribution in [0.5, 0.6) is 0 Å². The van der Waals surface area contributed by atoms with Gasteiger partial charge in [-0.1, -0.05) is 29.8 Å². The van der Waals surface area contributed by atoms with E-state index in [0.29, 0.717) is 23.3 Å². The summed E-state index contributed by atoms with van der Waals surface area (Å²) in [4.78, 5) is 6.28. The lowest BCUT2D eigenvalue weighted by Crippen LogP contribution is -2.29. The van der Waals surface area contributed by atoms with Gasteiger partial charge >= 0.3 is 0 Å². The molecule has 0 spiro atoms. The third-order valence-electron chi connectivity index (χ3n) is 3.12. The maximum absolute atomic E-state index is 13.7. The topological polar surface area (TPSA) is 15.6 Å². The molecule has 1 heterocycles. The third-order valence-corrected chi connectivity index (χ3v) is 3.45. The van der Waals surface area contributed by atoms with Crippen LogP contribution in [0.4, 0.5) is 4.39 Å². The Bertz CT molecular complexity index is 506. The van der Waals surface area contributed by atoms with Gasteiger partial charge < -0.3 is 4.90 Å². The van der Waals surface area contributed by atoms with Crippen LogP contribution in [0.15, 0.2) is 34.4 Å². The van der Waals surface area contributed by atoms with Crippen molar-refractivity contribution in [2.75, 3.05) is 6.54 Å². The molecule has 88 valence electrons. The van der Waals surface area contributed by atoms with Gasteiger partial charge in [-0.3, -0.25) is 0 Å². The molecule has 0 amide bonds. The number of aliphatic imine (C=N–C) groups is 1. The Morgan fingerprint density at radius 3 is 2.76 bits per heavy atom. The number of hydrogen-bond acceptors (Lipinski definition) is 2. The summed E-state index contributed by atoms with van der Waals surface area (Å²) in [6.07, 6.45) is 4.15. The van der Waals surface area contributed by atoms with Gasteiger partial charge in [0.15, 0.2) is 0 Å². The summed E-state index contributed by atoms with van der Waals surface area (Å²) in [5.74, 6) is -0.242. The summed E-state index contributed by atoms with van der Waals surface area (Å²) in [5, 5.41) is 0.395. The monoisotopic (exact) mass is 250 g/mol. The Morgan fingerprint density at radius 2 is 2.06 bits per heavy atom. The molecule has 2 nitrogen and oxygen atoms in total. The van der Waals surface area contributed by atoms with Gasteiger partial charge in [0.05, 0.1) is 6.34 Å². The molecule has 2 aliphatic rings. The molecule has 0 unspecified atom stereocenters. The zero-order valence-electron chi connectivity index (χ0n) is 9.24. The van der Waals surface area contributed by atoms with Gasteiger partial charge in [0.2, 0.25) is 0 Å². The fraction of sp³-hybridized carbons (Fsp3) is 0.308. The maximum Gasteiger partial charge on any atom is 0.136 e. The van der Waals surface area contributed by atoms with Crippen LogP contribution in [0.3, 0.4) is 0 Å². The summed E-state index contributed by atoms with van der Waals surface area (Å²) in [6.45, 7) is 0.647. The highest BCUT2D eigenvalue weighted by Crippen LogP contribution is 2.33. The first-order chi connectivity index (χ1) is 8.25. The molecule has 4 heteroatoms. The highest BCUT2D eigenvalue weighted by molar-refractivity contribution is 6.33. The largest absolute Gasteiger partial charge is 0.355 e. The molecule has 17 heavy (non-hydrogen) atoms. The van der Waals surface area contributed by atoms with Crippen molar-refractivity contribution < 1.29 is 4.39 Å². The molecule has 1 saturated carbocycles. The molecule has 0 aromatic heterocycles. The third kappa shape index (κ3) is 2.07. The quantitative estimate of drug-likeness (QED) is 0.736. The number of hydrogen-bond donors (Lipinski definition) is 0. The van der Waals surface area contributed by atoms with Crippen molar-refractivity contribution in [1.29, 1.82) is 0 Å². The van der Waals surface area contributed by atoms with Gasteiger partial charge in [0.1, 0.15) is 11.0 Å². The van der Waals surface area contributed by atoms with Crippen LogP contribution in [-0.2, 0) is 0 Å². The first kappa shape index (κ1) is 10.8. The van der Waals surface area contributed by atoms with Crippen LogP contribution < -0.4 is 0 Å². The fourth-order valence-electron chi connectivity index (χ4n) is 2.02. The highest BCUT2D eigenvalue weighted by atomic mass is 35.5. The zero-order valence-corrected chi connectivity index (χ0v) is 9.99. The Labute approximate surface area is 104 Å². The highest BCUT2D eigenvalue weighted by Gasteiger charge is 2.30. The predicted octanol–water partition coefficient (Wildman–Crippen LogP) is 3.24. The summed E-state index contributed by atoms with van der Waals surface area (Å²) in [6, 6.07) is 7.25. The second-order valence-corrected chi connectivity index (χ2v) is 4.76. The molecule has 0 N–H and O–H groups in total. The van der Waals surface area contributed by atoms with Crippen molar-refractivity contribution in [2.24, 2.45) is 4.99 Å². The molecule has 1 aliphatic carbocycles. The van der Waals surface area contributed by atoms with Gasteiger partial charge in [0.25, 0.3) is 0 Å². The van der Waals surface area contributed by atoms with E-state index in [9.17, 15) is 4.39 Å². The van der Waals surface area contributed by atoms with Crippen LogP contribution in [0, 0.1) is 5.82 Å². The molecular formula is C13H12ClFN2. The molecule has 0 atom stereocenters. The standard InChI is InChI=1S/C13H12ClFN2/c14-13-11(10-3-1-2-4-12(10)15)7-17(8-16-13)9-5-6-9/h1-4,8-9H,5-7H2. The minimum absolute atomic E-state index is 0.242. The van der Waals surface area contributed by atoms with E-state index in [2.05, 4.69) is 9.89 Å². The average Bonchev–Trinajstić information content (AvgIpc) is 3.15. The van der Waals surface area contributed by atoms with Crippen molar-refractivity contribution in [3.63, 3.8) is 0 Å². The van der Waals surface area contributed by atoms with E-state index in [4.69, 9.17) is 11.6 Å². The molecule has 1 fully saturated rings. The zero-order chi connectivity index (χ0) is 11.8. The summed E-state index contributed by atoms with van der Waals surface area (Å²) < 4.78 is 13.7. The predicted molar refractivity (Wildman–Crippen MR) is 67.4 cm³/mol. The van der Waals surface area contributed by atoms with Crippen molar-refractivity contribution in [2.45, 2.75) is 18.9 Å². The van der Waals surface area contributed by atoms with Gasteiger partial charge in [0, 0.05) is 23.7 Å². The van der Waals surface area contributed by atoms with E-state index < -0.39 is 0 Å². The van der Waals surface area contributed by atoms with E-state index in [1.807, 2.05) is 6.07 Å². The lowest BCUT2D eigenvalue weighted by atomic mass is 10.1. The minimum Gasteiger partial charge on any atom is -0.355 e. The molecule has 1 aliphatic heterocycles. The van der Waals surface area contributed by atoms with E-state index >= 15 is 0 Å². The number of rotatable bonds is 2. The van der Waals surface area contributed by atoms with Gasteiger partial charge in [-0.25, -0.2) is 9.38 Å². The van der Waals surface area contributed by atoms with Crippen LogP contribution in [0.2, 0.25) is 0 Å². The Balaban J connectivity index is 1.95. The maximum atomic E-state index is 13.7. The summed E-state index contributed by atoms with van der Waals surface area (Å²) in [7, 11) is 0. The molecule has 0 radical (unpaired) electrons. The second kappa shape index (κ2) is 4.15. The first-order valence-electron chi connectivity index (χ1n) is 5.69. The fourth-order valence-corrected chi connectivity index (χ4v) is 2.23. The van der Waals surface area contributed by atoms with Gasteiger partial charge in [-0.15, -0.1) is 0 Å². The van der Waals surface area contributed by atoms with E-state index in [0.717, 1.165) is 5.57 Å². The minimum atomic E-state index is -0.242. The number of halogens is 2. The SMILES string of the molecule is Fc1ccccc1C1=C(Cl)N=CN(C2CC2)C1. The number of nitrogens with zero attached hydrogens (tertiary/aromatic N) is 2. The van der Waals surface area contributed by atoms with E-state index in [1.165, 1.54) is 18.9 Å². The Morgan fingerprint density at radius 1 is 1.29 bits per heavy atom. The summed E-state index contributed by atoms with van der Waals surface area (Å²) in [5.41, 5.74) is 1.33. The van der Waals surface area contributed by atoms with Gasteiger partial charge in [-0.2, -0.15) is 0 Å². The van der Waals surface area contributed by atoms with E-state index in [1.54, 1.807) is 18.5 Å². The van der Waals surface area contributed by atoms with Crippen molar-refractivity contribution in [3.05, 3.63) is 40.8 Å². The smallest absolute Gasteiger partial charge is 0.136 e. The molecule has 1 aromatic carbocycles. The molecule has 1 aromatic rings. The second-order valence-electron chi connectivity index (χ2n) is 4.40. The Hall–Kier alpha value is -1.35. The lowest BCUT2D eigenvalue weighted by Gasteiger charge is -2.25. The van der Waals surface area contributed by atoms with Crippen molar-refractivity contribution in [1.82, 2.24) is 4.90 Å². The van der Waals surface area contributed by atoms with Crippen molar-refractivity contribution in [3.8, 4) is 0 Å².